The van der Waals surface area contributed by atoms with Crippen molar-refractivity contribution in [1.82, 2.24) is 5.32 Å². The van der Waals surface area contributed by atoms with E-state index in [1.54, 1.807) is 0 Å². The molecule has 0 aliphatic heterocycles. The molecule has 0 heterocycles. The Kier molecular flexibility index (Phi) is 24.0. The lowest BCUT2D eigenvalue weighted by Gasteiger charge is -2.18. The van der Waals surface area contributed by atoms with Crippen LogP contribution in [0.4, 0.5) is 0 Å². The minimum absolute atomic E-state index is 0.0164. The number of esters is 2. The van der Waals surface area contributed by atoms with E-state index in [4.69, 9.17) is 9.47 Å². The fourth-order valence-electron chi connectivity index (χ4n) is 5.24. The van der Waals surface area contributed by atoms with Gasteiger partial charge in [0.2, 0.25) is 0 Å². The third-order valence-electron chi connectivity index (χ3n) is 8.14. The summed E-state index contributed by atoms with van der Waals surface area (Å²) in [4.78, 5) is 37.9. The molecule has 1 rings (SSSR count). The van der Waals surface area contributed by atoms with Crippen LogP contribution in [0.3, 0.4) is 0 Å². The number of carbonyl (C=O) groups excluding carboxylic acids is 3. The number of carbonyl (C=O) groups is 3. The van der Waals surface area contributed by atoms with Gasteiger partial charge in [0.05, 0.1) is 18.1 Å². The Bertz CT molecular complexity index is 1060. The number of unbranched alkanes of at least 4 members (excludes halogenated alkanes) is 18. The van der Waals surface area contributed by atoms with E-state index >= 15 is 0 Å². The number of rotatable bonds is 29. The molecule has 10 heteroatoms. The van der Waals surface area contributed by atoms with E-state index in [2.05, 4.69) is 19.2 Å². The zero-order valence-corrected chi connectivity index (χ0v) is 29.4. The zero-order valence-electron chi connectivity index (χ0n) is 28.6. The number of hydrogen-bond donors (Lipinski definition) is 2. The van der Waals surface area contributed by atoms with Gasteiger partial charge in [-0.2, -0.15) is 8.42 Å². The molecule has 264 valence electrons. The van der Waals surface area contributed by atoms with Crippen LogP contribution in [0.1, 0.15) is 165 Å². The third kappa shape index (κ3) is 21.4. The molecule has 0 spiro atoms. The van der Waals surface area contributed by atoms with E-state index in [1.807, 2.05) is 0 Å². The van der Waals surface area contributed by atoms with Gasteiger partial charge in [0.25, 0.3) is 16.0 Å². The molecule has 1 aromatic carbocycles. The highest BCUT2D eigenvalue weighted by molar-refractivity contribution is 7.85. The summed E-state index contributed by atoms with van der Waals surface area (Å²) in [7, 11) is -4.40. The van der Waals surface area contributed by atoms with Crippen LogP contribution in [0.2, 0.25) is 0 Å². The Labute approximate surface area is 278 Å². The summed E-state index contributed by atoms with van der Waals surface area (Å²) in [5, 5.41) is 2.61. The van der Waals surface area contributed by atoms with Crippen molar-refractivity contribution >= 4 is 28.0 Å². The van der Waals surface area contributed by atoms with E-state index in [0.717, 1.165) is 57.1 Å². The largest absolute Gasteiger partial charge is 0.466 e. The van der Waals surface area contributed by atoms with Crippen molar-refractivity contribution in [1.29, 1.82) is 0 Å². The average Bonchev–Trinajstić information content (AvgIpc) is 3.03. The predicted octanol–water partition coefficient (Wildman–Crippen LogP) is 8.74. The first kappa shape index (κ1) is 41.6. The van der Waals surface area contributed by atoms with Crippen LogP contribution in [0, 0.1) is 0 Å². The van der Waals surface area contributed by atoms with Crippen molar-refractivity contribution in [2.24, 2.45) is 0 Å². The molecule has 0 unspecified atom stereocenters. The lowest BCUT2D eigenvalue weighted by molar-refractivity contribution is -0.147. The maximum Gasteiger partial charge on any atom is 0.328 e. The molecular weight excluding hydrogens is 606 g/mol. The van der Waals surface area contributed by atoms with Crippen LogP contribution in [-0.4, -0.2) is 50.1 Å². The maximum absolute atomic E-state index is 12.9. The van der Waals surface area contributed by atoms with Crippen molar-refractivity contribution in [2.75, 3.05) is 13.2 Å². The van der Waals surface area contributed by atoms with Crippen molar-refractivity contribution < 1.29 is 36.8 Å². The van der Waals surface area contributed by atoms with Gasteiger partial charge in [-0.1, -0.05) is 129 Å². The van der Waals surface area contributed by atoms with Crippen molar-refractivity contribution in [3.8, 4) is 0 Å². The Morgan fingerprint density at radius 3 is 1.50 bits per heavy atom. The van der Waals surface area contributed by atoms with Crippen LogP contribution in [0.5, 0.6) is 0 Å². The summed E-state index contributed by atoms with van der Waals surface area (Å²) in [6.45, 7) is 4.99. The minimum atomic E-state index is -4.40. The number of amides is 1. The van der Waals surface area contributed by atoms with Gasteiger partial charge in [-0.3, -0.25) is 14.1 Å². The highest BCUT2D eigenvalue weighted by Gasteiger charge is 2.24. The van der Waals surface area contributed by atoms with Crippen molar-refractivity contribution in [2.45, 2.75) is 166 Å². The highest BCUT2D eigenvalue weighted by atomic mass is 32.2. The average molecular weight is 668 g/mol. The van der Waals surface area contributed by atoms with Gasteiger partial charge >= 0.3 is 11.9 Å². The molecule has 0 bridgehead atoms. The summed E-state index contributed by atoms with van der Waals surface area (Å²) in [6, 6.07) is 3.62. The number of ether oxygens (including phenoxy) is 2. The molecular formula is C36H61NO8S. The molecule has 9 nitrogen and oxygen atoms in total. The maximum atomic E-state index is 12.9. The summed E-state index contributed by atoms with van der Waals surface area (Å²) in [5.74, 6) is -1.68. The van der Waals surface area contributed by atoms with Gasteiger partial charge in [-0.15, -0.1) is 0 Å². The molecule has 1 aromatic rings. The molecule has 1 amide bonds. The predicted molar refractivity (Wildman–Crippen MR) is 182 cm³/mol. The molecule has 0 aromatic heterocycles. The smallest absolute Gasteiger partial charge is 0.328 e. The van der Waals surface area contributed by atoms with E-state index in [-0.39, 0.29) is 29.9 Å². The van der Waals surface area contributed by atoms with E-state index in [1.165, 1.54) is 95.6 Å². The van der Waals surface area contributed by atoms with Gasteiger partial charge < -0.3 is 14.8 Å². The topological polar surface area (TPSA) is 136 Å². The quantitative estimate of drug-likeness (QED) is 0.0492. The SMILES string of the molecule is CCCCCCCCCCCCOC(=O)CC[C@@H](NC(=O)c1ccc(S(=O)(=O)O)cc1)C(=O)OCCCCCCCCCCCC. The summed E-state index contributed by atoms with van der Waals surface area (Å²) in [5.41, 5.74) is 0.100. The first-order valence-corrected chi connectivity index (χ1v) is 19.3. The highest BCUT2D eigenvalue weighted by Crippen LogP contribution is 2.14. The van der Waals surface area contributed by atoms with E-state index in [9.17, 15) is 27.4 Å². The van der Waals surface area contributed by atoms with Crippen LogP contribution in [-0.2, 0) is 29.2 Å². The Hall–Kier alpha value is -2.46. The van der Waals surface area contributed by atoms with Gasteiger partial charge in [0, 0.05) is 12.0 Å². The fourth-order valence-corrected chi connectivity index (χ4v) is 5.72. The minimum Gasteiger partial charge on any atom is -0.466 e. The second kappa shape index (κ2) is 26.6. The second-order valence-corrected chi connectivity index (χ2v) is 13.7. The molecule has 46 heavy (non-hydrogen) atoms. The number of benzene rings is 1. The molecule has 0 fully saturated rings. The number of nitrogens with one attached hydrogen (secondary N) is 1. The summed E-state index contributed by atoms with van der Waals surface area (Å²) >= 11 is 0. The van der Waals surface area contributed by atoms with Crippen LogP contribution >= 0.6 is 0 Å². The Balaban J connectivity index is 2.47. The van der Waals surface area contributed by atoms with Gasteiger partial charge in [0.1, 0.15) is 6.04 Å². The van der Waals surface area contributed by atoms with E-state index < -0.39 is 34.0 Å². The van der Waals surface area contributed by atoms with Crippen LogP contribution in [0.25, 0.3) is 0 Å². The third-order valence-corrected chi connectivity index (χ3v) is 9.01. The molecule has 0 saturated heterocycles. The van der Waals surface area contributed by atoms with Crippen LogP contribution in [0.15, 0.2) is 29.2 Å². The number of hydrogen-bond acceptors (Lipinski definition) is 7. The standard InChI is InChI=1S/C36H61NO8S/c1-3-5-7-9-11-13-15-17-19-21-29-44-34(38)28-27-33(37-35(39)31-23-25-32(26-24-31)46(41,42)43)36(40)45-30-22-20-18-16-14-12-10-8-6-4-2/h23-26,33H,3-22,27-30H2,1-2H3,(H,37,39)(H,41,42,43)/t33-/m1/s1. The first-order chi connectivity index (χ1) is 22.2. The molecule has 2 N–H and O–H groups in total. The zero-order chi connectivity index (χ0) is 33.9. The Morgan fingerprint density at radius 1 is 0.652 bits per heavy atom. The molecule has 0 aliphatic carbocycles. The molecule has 0 aliphatic rings. The van der Waals surface area contributed by atoms with Gasteiger partial charge in [0.15, 0.2) is 0 Å². The van der Waals surface area contributed by atoms with Crippen molar-refractivity contribution in [3.63, 3.8) is 0 Å². The Morgan fingerprint density at radius 2 is 1.07 bits per heavy atom. The van der Waals surface area contributed by atoms with Gasteiger partial charge in [-0.25, -0.2) is 4.79 Å². The summed E-state index contributed by atoms with van der Waals surface area (Å²) < 4.78 is 42.7. The van der Waals surface area contributed by atoms with Crippen LogP contribution < -0.4 is 5.32 Å². The summed E-state index contributed by atoms with van der Waals surface area (Å²) in [6.07, 6.45) is 23.3. The fraction of sp³-hybridized carbons (Fsp3) is 0.750. The van der Waals surface area contributed by atoms with Crippen molar-refractivity contribution in [3.05, 3.63) is 29.8 Å². The lowest BCUT2D eigenvalue weighted by Crippen LogP contribution is -2.42. The normalized spacial score (nSPS) is 12.1. The second-order valence-electron chi connectivity index (χ2n) is 12.3. The van der Waals surface area contributed by atoms with E-state index in [0.29, 0.717) is 6.61 Å². The monoisotopic (exact) mass is 667 g/mol. The first-order valence-electron chi connectivity index (χ1n) is 17.9. The lowest BCUT2D eigenvalue weighted by atomic mass is 10.1. The molecule has 0 saturated carbocycles. The molecule has 0 radical (unpaired) electrons. The molecule has 1 atom stereocenters. The van der Waals surface area contributed by atoms with Gasteiger partial charge in [-0.05, 0) is 43.5 Å².